The van der Waals surface area contributed by atoms with Crippen LogP contribution in [0.4, 0.5) is 0 Å². The van der Waals surface area contributed by atoms with E-state index in [4.69, 9.17) is 9.47 Å². The van der Waals surface area contributed by atoms with Crippen molar-refractivity contribution in [2.45, 2.75) is 253 Å². The number of benzene rings is 2. The molecule has 1 unspecified atom stereocenters. The van der Waals surface area contributed by atoms with Gasteiger partial charge in [0.05, 0.1) is 0 Å². The van der Waals surface area contributed by atoms with E-state index < -0.39 is 28.2 Å². The Labute approximate surface area is 397 Å². The highest BCUT2D eigenvalue weighted by Gasteiger charge is 2.59. The first-order valence-electron chi connectivity index (χ1n) is 24.8. The third-order valence-corrected chi connectivity index (χ3v) is 15.9. The summed E-state index contributed by atoms with van der Waals surface area (Å²) in [5.41, 5.74) is 1.95. The lowest BCUT2D eigenvalue weighted by Crippen LogP contribution is -2.63. The van der Waals surface area contributed by atoms with Crippen LogP contribution in [0, 0.1) is 11.3 Å². The molecule has 0 amide bonds. The van der Waals surface area contributed by atoms with Crippen LogP contribution >= 0.6 is 0 Å². The molecule has 2 aliphatic rings. The average Bonchev–Trinajstić information content (AvgIpc) is 3.12. The van der Waals surface area contributed by atoms with Gasteiger partial charge in [-0.1, -0.05) is 103 Å². The maximum absolute atomic E-state index is 15.8. The smallest absolute Gasteiger partial charge is 0.324 e. The van der Waals surface area contributed by atoms with Crippen LogP contribution < -0.4 is 0 Å². The lowest BCUT2D eigenvalue weighted by atomic mass is 9.61. The Balaban J connectivity index is 1.96. The lowest BCUT2D eigenvalue weighted by Gasteiger charge is -2.56. The molecular weight excluding hydrogens is 809 g/mol. The van der Waals surface area contributed by atoms with E-state index in [0.717, 1.165) is 58.2 Å². The van der Waals surface area contributed by atoms with Crippen molar-refractivity contribution in [2.24, 2.45) is 11.3 Å². The molecule has 2 aromatic rings. The highest BCUT2D eigenvalue weighted by Crippen LogP contribution is 2.54. The fraction of sp³-hybridized carbons (Fsp3) is 0.754. The number of ether oxygens (including phenoxy) is 2. The van der Waals surface area contributed by atoms with Crippen molar-refractivity contribution in [3.8, 4) is 11.5 Å². The van der Waals surface area contributed by atoms with Crippen LogP contribution in [0.5, 0.6) is 11.5 Å². The largest absolute Gasteiger partial charge is 0.507 e. The molecule has 65 heavy (non-hydrogen) atoms. The van der Waals surface area contributed by atoms with Crippen molar-refractivity contribution < 1.29 is 29.3 Å². The fourth-order valence-corrected chi connectivity index (χ4v) is 11.7. The second-order valence-corrected chi connectivity index (χ2v) is 27.1. The van der Waals surface area contributed by atoms with Crippen LogP contribution in [0.15, 0.2) is 18.2 Å². The molecule has 368 valence electrons. The van der Waals surface area contributed by atoms with E-state index in [9.17, 15) is 10.2 Å². The molecule has 0 aromatic heterocycles. The van der Waals surface area contributed by atoms with Gasteiger partial charge in [0.1, 0.15) is 24.7 Å². The van der Waals surface area contributed by atoms with E-state index >= 15 is 9.59 Å². The topological polar surface area (TPSA) is 99.5 Å². The van der Waals surface area contributed by atoms with Crippen molar-refractivity contribution in [1.29, 1.82) is 0 Å². The van der Waals surface area contributed by atoms with Gasteiger partial charge < -0.3 is 19.7 Å². The van der Waals surface area contributed by atoms with E-state index in [1.165, 1.54) is 0 Å². The first kappa shape index (κ1) is 54.5. The molecule has 0 bridgehead atoms. The van der Waals surface area contributed by atoms with Crippen LogP contribution in [0.1, 0.15) is 235 Å². The van der Waals surface area contributed by atoms with Gasteiger partial charge in [-0.15, -0.1) is 0 Å². The molecule has 2 fully saturated rings. The number of hydrogen-bond acceptors (Lipinski definition) is 8. The minimum atomic E-state index is -1.59. The molecule has 8 heteroatoms. The molecule has 4 rings (SSSR count). The number of carbonyl (C=O) groups is 2. The zero-order valence-electron chi connectivity index (χ0n) is 45.7. The first-order chi connectivity index (χ1) is 29.2. The van der Waals surface area contributed by atoms with Crippen molar-refractivity contribution in [3.63, 3.8) is 0 Å². The maximum Gasteiger partial charge on any atom is 0.324 e. The Morgan fingerprint density at radius 1 is 0.600 bits per heavy atom. The summed E-state index contributed by atoms with van der Waals surface area (Å²) in [5.74, 6) is -0.788. The second-order valence-electron chi connectivity index (χ2n) is 27.1. The fourth-order valence-electron chi connectivity index (χ4n) is 11.7. The molecular formula is C57H94N2O6. The van der Waals surface area contributed by atoms with Gasteiger partial charge in [0.25, 0.3) is 0 Å². The Kier molecular flexibility index (Phi) is 15.2. The zero-order valence-corrected chi connectivity index (χ0v) is 45.7. The van der Waals surface area contributed by atoms with Crippen molar-refractivity contribution >= 4 is 11.9 Å². The molecule has 2 heterocycles. The Hall–Kier alpha value is -3.10. The molecule has 8 nitrogen and oxygen atoms in total. The summed E-state index contributed by atoms with van der Waals surface area (Å²) in [5, 5.41) is 23.9. The monoisotopic (exact) mass is 903 g/mol. The molecule has 0 saturated carbocycles. The number of phenolic OH excluding ortho intramolecular Hbond substituents is 2. The Bertz CT molecular complexity index is 1990. The van der Waals surface area contributed by atoms with E-state index in [2.05, 4.69) is 175 Å². The van der Waals surface area contributed by atoms with Crippen molar-refractivity contribution in [2.75, 3.05) is 14.1 Å². The van der Waals surface area contributed by atoms with Gasteiger partial charge in [0.2, 0.25) is 0 Å². The predicted molar refractivity (Wildman–Crippen MR) is 269 cm³/mol. The number of phenols is 2. The van der Waals surface area contributed by atoms with Gasteiger partial charge in [0.15, 0.2) is 5.41 Å². The van der Waals surface area contributed by atoms with Crippen LogP contribution in [0.25, 0.3) is 0 Å². The van der Waals surface area contributed by atoms with Crippen LogP contribution in [0.2, 0.25) is 0 Å². The summed E-state index contributed by atoms with van der Waals surface area (Å²) < 4.78 is 13.3. The maximum atomic E-state index is 15.8. The lowest BCUT2D eigenvalue weighted by molar-refractivity contribution is -0.186. The third-order valence-electron chi connectivity index (χ3n) is 15.9. The molecule has 2 aromatic carbocycles. The Morgan fingerprint density at radius 3 is 1.37 bits per heavy atom. The number of aromatic hydroxyl groups is 2. The average molecular weight is 903 g/mol. The van der Waals surface area contributed by atoms with Crippen LogP contribution in [-0.4, -0.2) is 68.2 Å². The molecule has 2 aliphatic heterocycles. The summed E-state index contributed by atoms with van der Waals surface area (Å²) >= 11 is 0. The molecule has 2 N–H and O–H groups in total. The van der Waals surface area contributed by atoms with E-state index in [-0.39, 0.29) is 63.8 Å². The Morgan fingerprint density at radius 2 is 0.985 bits per heavy atom. The van der Waals surface area contributed by atoms with Gasteiger partial charge >= 0.3 is 11.9 Å². The number of unbranched alkanes of at least 4 members (excludes halogenated alkanes) is 1. The van der Waals surface area contributed by atoms with Crippen molar-refractivity contribution in [1.82, 2.24) is 9.80 Å². The minimum Gasteiger partial charge on any atom is -0.507 e. The number of nitrogens with zero attached hydrogens (tertiary/aromatic N) is 2. The number of likely N-dealkylation sites (tertiary alicyclic amines) is 2. The SMILES string of the molecule is CCCCC(C(=O)OCc1cc(C(C)(C)C)c(O)c(C(C)(C)C)c1)(C(=O)OCc1cc(C(C)(C)C)c(O)c(C(C)(C)C)c1C1CC(C)(C)N(C)C(C)(C)C1)C1CC(C)(C)N(C)C(C)(C)C1. The van der Waals surface area contributed by atoms with Crippen LogP contribution in [0.3, 0.4) is 0 Å². The normalized spacial score (nSPS) is 20.9. The number of hydrogen-bond donors (Lipinski definition) is 2. The molecule has 1 atom stereocenters. The van der Waals surface area contributed by atoms with Gasteiger partial charge in [-0.3, -0.25) is 19.4 Å². The molecule has 0 radical (unpaired) electrons. The van der Waals surface area contributed by atoms with Gasteiger partial charge in [-0.25, -0.2) is 0 Å². The van der Waals surface area contributed by atoms with E-state index in [0.29, 0.717) is 31.4 Å². The number of rotatable bonds is 11. The highest BCUT2D eigenvalue weighted by molar-refractivity contribution is 6.00. The quantitative estimate of drug-likeness (QED) is 0.170. The summed E-state index contributed by atoms with van der Waals surface area (Å²) in [6, 6.07) is 5.98. The zero-order chi connectivity index (χ0) is 50.1. The standard InChI is InChI=1S/C57H94N2O6/c1-24-25-26-57(39-32-55(18,19)59(23)56(20,21)33-39,47(62)64-34-36-27-40(49(2,3)4)45(60)41(28-36)50(5,6)7)48(63)65-35-37-29-42(51(8,9)10)46(61)44(52(11,12)13)43(37)38-30-53(14,15)58(22)54(16,17)31-38/h27-29,38-39,60-61H,24-26,30-35H2,1-23H3. The van der Waals surface area contributed by atoms with Gasteiger partial charge in [-0.05, 0) is 187 Å². The number of piperidine rings is 2. The van der Waals surface area contributed by atoms with Crippen molar-refractivity contribution in [3.05, 3.63) is 57.1 Å². The minimum absolute atomic E-state index is 0.0315. The van der Waals surface area contributed by atoms with Crippen LogP contribution in [-0.2, 0) is 53.9 Å². The third kappa shape index (κ3) is 11.1. The van der Waals surface area contributed by atoms with Gasteiger partial charge in [0, 0.05) is 27.7 Å². The van der Waals surface area contributed by atoms with E-state index in [1.807, 2.05) is 12.1 Å². The summed E-state index contributed by atoms with van der Waals surface area (Å²) in [6.45, 7) is 45.3. The summed E-state index contributed by atoms with van der Waals surface area (Å²) in [4.78, 5) is 36.1. The van der Waals surface area contributed by atoms with E-state index in [1.54, 1.807) is 0 Å². The summed E-state index contributed by atoms with van der Waals surface area (Å²) in [7, 11) is 4.35. The first-order valence-corrected chi connectivity index (χ1v) is 24.8. The van der Waals surface area contributed by atoms with Gasteiger partial charge in [-0.2, -0.15) is 0 Å². The number of carbonyl (C=O) groups excluding carboxylic acids is 2. The molecule has 0 spiro atoms. The molecule has 0 aliphatic carbocycles. The highest BCUT2D eigenvalue weighted by atomic mass is 16.6. The predicted octanol–water partition coefficient (Wildman–Crippen LogP) is 13.5. The number of esters is 2. The summed E-state index contributed by atoms with van der Waals surface area (Å²) in [6.07, 6.45) is 4.68. The second kappa shape index (κ2) is 18.1. The molecule has 2 saturated heterocycles.